The van der Waals surface area contributed by atoms with Crippen LogP contribution < -0.4 is 10.2 Å². The maximum Gasteiger partial charge on any atom is 0.409 e. The van der Waals surface area contributed by atoms with Gasteiger partial charge in [0.2, 0.25) is 17.7 Å². The van der Waals surface area contributed by atoms with Gasteiger partial charge < -0.3 is 29.5 Å². The first-order chi connectivity index (χ1) is 16.3. The Morgan fingerprint density at radius 3 is 2.44 bits per heavy atom. The topological polar surface area (TPSA) is 108 Å². The number of hydrogen-bond acceptors (Lipinski definition) is 6. The maximum absolute atomic E-state index is 13.5. The third kappa shape index (κ3) is 3.62. The monoisotopic (exact) mass is 468 g/mol. The van der Waals surface area contributed by atoms with E-state index < -0.39 is 23.5 Å². The lowest BCUT2D eigenvalue weighted by Crippen LogP contribution is -2.54. The van der Waals surface area contributed by atoms with Gasteiger partial charge >= 0.3 is 6.09 Å². The van der Waals surface area contributed by atoms with Crippen molar-refractivity contribution in [3.8, 4) is 0 Å². The van der Waals surface area contributed by atoms with Crippen LogP contribution in [0.2, 0.25) is 0 Å². The third-order valence-electron chi connectivity index (χ3n) is 7.00. The molecule has 4 atom stereocenters. The van der Waals surface area contributed by atoms with Gasteiger partial charge in [-0.3, -0.25) is 14.4 Å². The Labute approximate surface area is 197 Å². The number of anilines is 2. The first-order valence-electron chi connectivity index (χ1n) is 11.6. The van der Waals surface area contributed by atoms with Gasteiger partial charge in [0.15, 0.2) is 0 Å². The lowest BCUT2D eigenvalue weighted by Gasteiger charge is -2.36. The van der Waals surface area contributed by atoms with E-state index in [0.29, 0.717) is 50.7 Å². The Hall–Kier alpha value is -3.40. The summed E-state index contributed by atoms with van der Waals surface area (Å²) in [4.78, 5) is 55.3. The molecule has 0 aromatic heterocycles. The van der Waals surface area contributed by atoms with Crippen LogP contribution in [0.3, 0.4) is 0 Å². The molecule has 10 nitrogen and oxygen atoms in total. The largest absolute Gasteiger partial charge is 0.450 e. The molecule has 4 aliphatic heterocycles. The molecule has 0 radical (unpaired) electrons. The third-order valence-corrected chi connectivity index (χ3v) is 7.00. The summed E-state index contributed by atoms with van der Waals surface area (Å²) < 4.78 is 11.3. The average molecular weight is 469 g/mol. The number of carbonyl (C=O) groups excluding carboxylic acids is 4. The van der Waals surface area contributed by atoms with E-state index in [1.807, 2.05) is 12.2 Å². The summed E-state index contributed by atoms with van der Waals surface area (Å²) in [6.07, 6.45) is 3.03. The van der Waals surface area contributed by atoms with Crippen molar-refractivity contribution in [3.05, 3.63) is 36.4 Å². The number of nitrogens with one attached hydrogen (secondary N) is 1. The lowest BCUT2D eigenvalue weighted by atomic mass is 9.76. The zero-order valence-corrected chi connectivity index (χ0v) is 19.2. The van der Waals surface area contributed by atoms with Crippen LogP contribution in [-0.2, 0) is 23.9 Å². The number of rotatable bonds is 4. The number of nitrogens with zero attached hydrogens (tertiary/aromatic N) is 3. The van der Waals surface area contributed by atoms with Gasteiger partial charge in [-0.15, -0.1) is 0 Å². The van der Waals surface area contributed by atoms with Crippen LogP contribution in [0.5, 0.6) is 0 Å². The van der Waals surface area contributed by atoms with E-state index in [0.717, 1.165) is 0 Å². The second-order valence-electron chi connectivity index (χ2n) is 9.06. The van der Waals surface area contributed by atoms with E-state index in [2.05, 4.69) is 5.32 Å². The predicted octanol–water partition coefficient (Wildman–Crippen LogP) is 1.23. The highest BCUT2D eigenvalue weighted by Gasteiger charge is 2.67. The predicted molar refractivity (Wildman–Crippen MR) is 122 cm³/mol. The van der Waals surface area contributed by atoms with E-state index in [-0.39, 0.29) is 23.8 Å². The molecular formula is C24H28N4O6. The molecule has 3 saturated heterocycles. The molecule has 34 heavy (non-hydrogen) atoms. The Balaban J connectivity index is 1.31. The van der Waals surface area contributed by atoms with Gasteiger partial charge in [0, 0.05) is 44.5 Å². The highest BCUT2D eigenvalue weighted by atomic mass is 16.6. The normalized spacial score (nSPS) is 29.4. The summed E-state index contributed by atoms with van der Waals surface area (Å²) >= 11 is 0. The van der Waals surface area contributed by atoms with Gasteiger partial charge in [0.05, 0.1) is 31.1 Å². The quantitative estimate of drug-likeness (QED) is 0.666. The Bertz CT molecular complexity index is 1050. The van der Waals surface area contributed by atoms with E-state index in [9.17, 15) is 19.2 Å². The number of ether oxygens (including phenoxy) is 2. The Morgan fingerprint density at radius 2 is 1.79 bits per heavy atom. The molecule has 4 amide bonds. The van der Waals surface area contributed by atoms with Gasteiger partial charge in [-0.05, 0) is 31.2 Å². The van der Waals surface area contributed by atoms with Crippen LogP contribution in [0.25, 0.3) is 0 Å². The number of hydrogen-bond donors (Lipinski definition) is 1. The van der Waals surface area contributed by atoms with Crippen molar-refractivity contribution in [2.24, 2.45) is 11.8 Å². The first-order valence-corrected chi connectivity index (χ1v) is 11.6. The average Bonchev–Trinajstić information content (AvgIpc) is 3.47. The van der Waals surface area contributed by atoms with E-state index >= 15 is 0 Å². The SMILES string of the molecule is CCOC(=O)N1CCN(C(=O)C2C3C=CC4(CN(c5ccc(NC(C)=O)cc5)C(=O)C24)O3)CC1. The number of benzene rings is 1. The van der Waals surface area contributed by atoms with Gasteiger partial charge in [-0.2, -0.15) is 0 Å². The lowest BCUT2D eigenvalue weighted by molar-refractivity contribution is -0.141. The summed E-state index contributed by atoms with van der Waals surface area (Å²) in [5.74, 6) is -1.59. The molecule has 0 saturated carbocycles. The van der Waals surface area contributed by atoms with Crippen molar-refractivity contribution < 1.29 is 28.7 Å². The zero-order valence-electron chi connectivity index (χ0n) is 19.2. The van der Waals surface area contributed by atoms with Crippen molar-refractivity contribution >= 4 is 35.2 Å². The summed E-state index contributed by atoms with van der Waals surface area (Å²) in [5, 5.41) is 2.71. The molecular weight excluding hydrogens is 440 g/mol. The van der Waals surface area contributed by atoms with Crippen LogP contribution in [0.15, 0.2) is 36.4 Å². The van der Waals surface area contributed by atoms with Gasteiger partial charge in [0.1, 0.15) is 5.60 Å². The first kappa shape index (κ1) is 22.4. The van der Waals surface area contributed by atoms with Crippen molar-refractivity contribution in [1.82, 2.24) is 9.80 Å². The fourth-order valence-corrected chi connectivity index (χ4v) is 5.46. The van der Waals surface area contributed by atoms with E-state index in [1.165, 1.54) is 6.92 Å². The van der Waals surface area contributed by atoms with Crippen LogP contribution >= 0.6 is 0 Å². The number of amides is 4. The maximum atomic E-state index is 13.5. The molecule has 5 rings (SSSR count). The van der Waals surface area contributed by atoms with Gasteiger partial charge in [-0.1, -0.05) is 12.2 Å². The summed E-state index contributed by atoms with van der Waals surface area (Å²) in [5.41, 5.74) is 0.524. The summed E-state index contributed by atoms with van der Waals surface area (Å²) in [6.45, 7) is 5.43. The highest BCUT2D eigenvalue weighted by Crippen LogP contribution is 2.53. The molecule has 10 heteroatoms. The van der Waals surface area contributed by atoms with Gasteiger partial charge in [-0.25, -0.2) is 4.79 Å². The molecule has 1 spiro atoms. The molecule has 3 fully saturated rings. The van der Waals surface area contributed by atoms with Gasteiger partial charge in [0.25, 0.3) is 0 Å². The standard InChI is InChI=1S/C24H28N4O6/c1-3-33-23(32)27-12-10-26(11-13-27)21(30)19-18-8-9-24(34-18)14-28(22(31)20(19)24)17-6-4-16(5-7-17)25-15(2)29/h4-9,18-20H,3,10-14H2,1-2H3,(H,25,29). The highest BCUT2D eigenvalue weighted by molar-refractivity contribution is 6.03. The summed E-state index contributed by atoms with van der Waals surface area (Å²) in [7, 11) is 0. The van der Waals surface area contributed by atoms with Crippen molar-refractivity contribution in [3.63, 3.8) is 0 Å². The minimum Gasteiger partial charge on any atom is -0.450 e. The minimum atomic E-state index is -0.814. The van der Waals surface area contributed by atoms with Crippen LogP contribution in [0, 0.1) is 11.8 Å². The molecule has 180 valence electrons. The van der Waals surface area contributed by atoms with E-state index in [1.54, 1.807) is 45.9 Å². The second kappa shape index (κ2) is 8.43. The Morgan fingerprint density at radius 1 is 1.12 bits per heavy atom. The number of carbonyl (C=O) groups is 4. The van der Waals surface area contributed by atoms with Crippen molar-refractivity contribution in [1.29, 1.82) is 0 Å². The molecule has 4 aliphatic rings. The minimum absolute atomic E-state index is 0.110. The fourth-order valence-electron chi connectivity index (χ4n) is 5.46. The van der Waals surface area contributed by atoms with E-state index in [4.69, 9.17) is 9.47 Å². The molecule has 1 N–H and O–H groups in total. The summed E-state index contributed by atoms with van der Waals surface area (Å²) in [6, 6.07) is 7.05. The Kier molecular flexibility index (Phi) is 5.55. The van der Waals surface area contributed by atoms with Crippen LogP contribution in [0.1, 0.15) is 13.8 Å². The zero-order chi connectivity index (χ0) is 24.0. The molecule has 1 aromatic rings. The second-order valence-corrected chi connectivity index (χ2v) is 9.06. The number of fused-ring (bicyclic) bond motifs is 1. The smallest absolute Gasteiger partial charge is 0.409 e. The van der Waals surface area contributed by atoms with Crippen molar-refractivity contribution in [2.45, 2.75) is 25.6 Å². The molecule has 2 bridgehead atoms. The molecule has 4 heterocycles. The van der Waals surface area contributed by atoms with Crippen molar-refractivity contribution in [2.75, 3.05) is 49.5 Å². The molecule has 1 aromatic carbocycles. The van der Waals surface area contributed by atoms with Crippen LogP contribution in [-0.4, -0.2) is 84.7 Å². The van der Waals surface area contributed by atoms with Crippen LogP contribution in [0.4, 0.5) is 16.2 Å². The molecule has 0 aliphatic carbocycles. The fraction of sp³-hybridized carbons (Fsp3) is 0.500. The molecule has 4 unspecified atom stereocenters. The number of piperazine rings is 1.